The number of amides is 1. The summed E-state index contributed by atoms with van der Waals surface area (Å²) in [6.07, 6.45) is 4.38. The SMILES string of the molecule is C[C@@H](CC1=CCN(C)CC1)NC(=O)CSc1ccccc1. The van der Waals surface area contributed by atoms with Crippen LogP contribution in [-0.2, 0) is 4.79 Å². The van der Waals surface area contributed by atoms with Crippen LogP contribution in [0.25, 0.3) is 0 Å². The lowest BCUT2D eigenvalue weighted by atomic mass is 10.0. The molecule has 1 aliphatic rings. The van der Waals surface area contributed by atoms with Gasteiger partial charge in [-0.25, -0.2) is 0 Å². The van der Waals surface area contributed by atoms with Gasteiger partial charge in [0, 0.05) is 24.0 Å². The first-order chi connectivity index (χ1) is 10.1. The molecular formula is C17H24N2OS. The van der Waals surface area contributed by atoms with Crippen LogP contribution in [0.3, 0.4) is 0 Å². The van der Waals surface area contributed by atoms with Gasteiger partial charge >= 0.3 is 0 Å². The summed E-state index contributed by atoms with van der Waals surface area (Å²) in [6.45, 7) is 4.24. The molecule has 1 aromatic rings. The average molecular weight is 304 g/mol. The van der Waals surface area contributed by atoms with Gasteiger partial charge in [-0.1, -0.05) is 29.8 Å². The zero-order valence-corrected chi connectivity index (χ0v) is 13.7. The predicted octanol–water partition coefficient (Wildman–Crippen LogP) is 2.94. The molecular weight excluding hydrogens is 280 g/mol. The van der Waals surface area contributed by atoms with Gasteiger partial charge in [0.1, 0.15) is 0 Å². The monoisotopic (exact) mass is 304 g/mol. The van der Waals surface area contributed by atoms with Crippen molar-refractivity contribution in [2.75, 3.05) is 25.9 Å². The second kappa shape index (κ2) is 8.25. The van der Waals surface area contributed by atoms with Crippen molar-refractivity contribution in [1.82, 2.24) is 10.2 Å². The molecule has 0 fully saturated rings. The molecule has 0 aromatic heterocycles. The molecule has 114 valence electrons. The molecule has 1 N–H and O–H groups in total. The maximum absolute atomic E-state index is 12.0. The minimum atomic E-state index is 0.116. The Bertz CT molecular complexity index is 487. The smallest absolute Gasteiger partial charge is 0.230 e. The Labute approximate surface area is 131 Å². The molecule has 0 saturated carbocycles. The molecule has 21 heavy (non-hydrogen) atoms. The molecule has 4 heteroatoms. The first-order valence-electron chi connectivity index (χ1n) is 7.47. The highest BCUT2D eigenvalue weighted by Gasteiger charge is 2.13. The fourth-order valence-corrected chi connectivity index (χ4v) is 3.16. The van der Waals surface area contributed by atoms with E-state index in [0.29, 0.717) is 5.75 Å². The fourth-order valence-electron chi connectivity index (χ4n) is 2.42. The molecule has 0 bridgehead atoms. The summed E-state index contributed by atoms with van der Waals surface area (Å²) >= 11 is 1.58. The molecule has 1 amide bonds. The third kappa shape index (κ3) is 5.94. The van der Waals surface area contributed by atoms with Gasteiger partial charge < -0.3 is 10.2 Å². The summed E-state index contributed by atoms with van der Waals surface area (Å²) < 4.78 is 0. The van der Waals surface area contributed by atoms with Gasteiger partial charge in [0.25, 0.3) is 0 Å². The van der Waals surface area contributed by atoms with Gasteiger partial charge in [-0.3, -0.25) is 4.79 Å². The number of nitrogens with zero attached hydrogens (tertiary/aromatic N) is 1. The van der Waals surface area contributed by atoms with E-state index in [-0.39, 0.29) is 11.9 Å². The van der Waals surface area contributed by atoms with E-state index in [4.69, 9.17) is 0 Å². The number of nitrogens with one attached hydrogen (secondary N) is 1. The molecule has 0 saturated heterocycles. The standard InChI is InChI=1S/C17H24N2OS/c1-14(12-15-8-10-19(2)11-9-15)18-17(20)13-21-16-6-4-3-5-7-16/h3-8,14H,9-13H2,1-2H3,(H,18,20)/t14-/m0/s1. The van der Waals surface area contributed by atoms with Crippen molar-refractivity contribution >= 4 is 17.7 Å². The number of hydrogen-bond acceptors (Lipinski definition) is 3. The van der Waals surface area contributed by atoms with Gasteiger partial charge in [0.05, 0.1) is 5.75 Å². The van der Waals surface area contributed by atoms with E-state index < -0.39 is 0 Å². The molecule has 0 unspecified atom stereocenters. The number of likely N-dealkylation sites (N-methyl/N-ethyl adjacent to an activating group) is 1. The van der Waals surface area contributed by atoms with Crippen LogP contribution in [0.5, 0.6) is 0 Å². The lowest BCUT2D eigenvalue weighted by Gasteiger charge is -2.24. The molecule has 0 spiro atoms. The molecule has 1 heterocycles. The summed E-state index contributed by atoms with van der Waals surface area (Å²) in [6, 6.07) is 10.3. The first-order valence-corrected chi connectivity index (χ1v) is 8.45. The number of benzene rings is 1. The van der Waals surface area contributed by atoms with E-state index in [1.54, 1.807) is 11.8 Å². The van der Waals surface area contributed by atoms with Crippen molar-refractivity contribution in [3.63, 3.8) is 0 Å². The molecule has 0 aliphatic carbocycles. The molecule has 3 nitrogen and oxygen atoms in total. The Balaban J connectivity index is 1.70. The Hall–Kier alpha value is -1.26. The minimum absolute atomic E-state index is 0.116. The molecule has 1 aliphatic heterocycles. The highest BCUT2D eigenvalue weighted by atomic mass is 32.2. The Morgan fingerprint density at radius 1 is 1.38 bits per heavy atom. The number of thioether (sulfide) groups is 1. The maximum Gasteiger partial charge on any atom is 0.230 e. The van der Waals surface area contributed by atoms with E-state index in [9.17, 15) is 4.79 Å². The van der Waals surface area contributed by atoms with Gasteiger partial charge in [-0.2, -0.15) is 0 Å². The van der Waals surface area contributed by atoms with Crippen molar-refractivity contribution in [2.45, 2.75) is 30.7 Å². The summed E-state index contributed by atoms with van der Waals surface area (Å²) in [7, 11) is 2.14. The van der Waals surface area contributed by atoms with Crippen LogP contribution in [0.2, 0.25) is 0 Å². The van der Waals surface area contributed by atoms with Gasteiger partial charge in [-0.15, -0.1) is 11.8 Å². The van der Waals surface area contributed by atoms with E-state index >= 15 is 0 Å². The average Bonchev–Trinajstić information content (AvgIpc) is 2.48. The zero-order chi connectivity index (χ0) is 15.1. The Morgan fingerprint density at radius 3 is 2.81 bits per heavy atom. The highest BCUT2D eigenvalue weighted by Crippen LogP contribution is 2.17. The van der Waals surface area contributed by atoms with E-state index in [1.807, 2.05) is 30.3 Å². The number of hydrogen-bond donors (Lipinski definition) is 1. The lowest BCUT2D eigenvalue weighted by molar-refractivity contribution is -0.119. The van der Waals surface area contributed by atoms with Gasteiger partial charge in [0.2, 0.25) is 5.91 Å². The molecule has 0 radical (unpaired) electrons. The summed E-state index contributed by atoms with van der Waals surface area (Å²) in [5.74, 6) is 0.598. The van der Waals surface area contributed by atoms with Crippen molar-refractivity contribution in [2.24, 2.45) is 0 Å². The zero-order valence-electron chi connectivity index (χ0n) is 12.8. The third-order valence-electron chi connectivity index (χ3n) is 3.60. The predicted molar refractivity (Wildman–Crippen MR) is 89.6 cm³/mol. The second-order valence-electron chi connectivity index (χ2n) is 5.65. The van der Waals surface area contributed by atoms with Crippen LogP contribution in [-0.4, -0.2) is 42.7 Å². The van der Waals surface area contributed by atoms with Crippen LogP contribution in [0, 0.1) is 0 Å². The van der Waals surface area contributed by atoms with E-state index in [1.165, 1.54) is 5.57 Å². The molecule has 1 aromatic carbocycles. The Morgan fingerprint density at radius 2 is 2.14 bits per heavy atom. The second-order valence-corrected chi connectivity index (χ2v) is 6.70. The van der Waals surface area contributed by atoms with Crippen molar-refractivity contribution in [3.8, 4) is 0 Å². The van der Waals surface area contributed by atoms with E-state index in [2.05, 4.69) is 30.3 Å². The van der Waals surface area contributed by atoms with Gasteiger partial charge in [-0.05, 0) is 38.9 Å². The van der Waals surface area contributed by atoms with Crippen LogP contribution in [0.1, 0.15) is 19.8 Å². The highest BCUT2D eigenvalue weighted by molar-refractivity contribution is 8.00. The number of carbonyl (C=O) groups excluding carboxylic acids is 1. The van der Waals surface area contributed by atoms with Gasteiger partial charge in [0.15, 0.2) is 0 Å². The first kappa shape index (κ1) is 16.1. The minimum Gasteiger partial charge on any atom is -0.353 e. The topological polar surface area (TPSA) is 32.3 Å². The van der Waals surface area contributed by atoms with Crippen molar-refractivity contribution < 1.29 is 4.79 Å². The summed E-state index contributed by atoms with van der Waals surface area (Å²) in [5, 5.41) is 3.09. The normalized spacial score (nSPS) is 17.1. The third-order valence-corrected chi connectivity index (χ3v) is 4.61. The molecule has 1 atom stereocenters. The van der Waals surface area contributed by atoms with Crippen LogP contribution in [0.15, 0.2) is 46.9 Å². The number of rotatable bonds is 6. The van der Waals surface area contributed by atoms with Crippen LogP contribution in [0.4, 0.5) is 0 Å². The summed E-state index contributed by atoms with van der Waals surface area (Å²) in [4.78, 5) is 15.4. The summed E-state index contributed by atoms with van der Waals surface area (Å²) in [5.41, 5.74) is 1.47. The fraction of sp³-hybridized carbons (Fsp3) is 0.471. The van der Waals surface area contributed by atoms with E-state index in [0.717, 1.165) is 30.8 Å². The van der Waals surface area contributed by atoms with Crippen molar-refractivity contribution in [1.29, 1.82) is 0 Å². The van der Waals surface area contributed by atoms with Crippen molar-refractivity contribution in [3.05, 3.63) is 42.0 Å². The lowest BCUT2D eigenvalue weighted by Crippen LogP contribution is -2.35. The molecule has 2 rings (SSSR count). The maximum atomic E-state index is 12.0. The largest absolute Gasteiger partial charge is 0.353 e. The van der Waals surface area contributed by atoms with Crippen LogP contribution < -0.4 is 5.32 Å². The Kier molecular flexibility index (Phi) is 6.33. The van der Waals surface area contributed by atoms with Crippen LogP contribution >= 0.6 is 11.8 Å². The quantitative estimate of drug-likeness (QED) is 0.648. The number of carbonyl (C=O) groups is 1.